The second-order valence-corrected chi connectivity index (χ2v) is 7.74. The summed E-state index contributed by atoms with van der Waals surface area (Å²) in [5, 5.41) is 25.1. The summed E-state index contributed by atoms with van der Waals surface area (Å²) in [4.78, 5) is 64.2. The number of carboxylic acids is 1. The van der Waals surface area contributed by atoms with Crippen molar-refractivity contribution >= 4 is 35.6 Å². The van der Waals surface area contributed by atoms with E-state index in [0.717, 1.165) is 0 Å². The van der Waals surface area contributed by atoms with Crippen LogP contribution in [0.4, 0.5) is 0 Å². The average Bonchev–Trinajstić information content (AvgIpc) is 2.76. The first kappa shape index (κ1) is 30.5. The zero-order valence-electron chi connectivity index (χ0n) is 19.3. The monoisotopic (exact) mass is 488 g/mol. The molecule has 0 aliphatic carbocycles. The van der Waals surface area contributed by atoms with Crippen molar-refractivity contribution in [3.8, 4) is 0 Å². The van der Waals surface area contributed by atoms with Gasteiger partial charge in [-0.25, -0.2) is 4.79 Å². The number of aliphatic imine (C=N–C) groups is 1. The molecule has 34 heavy (non-hydrogen) atoms. The summed E-state index contributed by atoms with van der Waals surface area (Å²) in [6.07, 6.45) is 0.415. The molecular weight excluding hydrogens is 452 g/mol. The highest BCUT2D eigenvalue weighted by atomic mass is 16.4. The first-order valence-electron chi connectivity index (χ1n) is 10.7. The van der Waals surface area contributed by atoms with Crippen LogP contribution in [0.3, 0.4) is 0 Å². The Morgan fingerprint density at radius 3 is 2.00 bits per heavy atom. The SMILES string of the molecule is CCC(C)C(NC(=O)C(CC(N)=O)NC(=O)C(N)CCCN=C(N)N)C(=O)NC(CO)C(=O)O. The number of primary amides is 1. The van der Waals surface area contributed by atoms with Crippen LogP contribution < -0.4 is 38.9 Å². The van der Waals surface area contributed by atoms with Crippen LogP contribution in [-0.2, 0) is 24.0 Å². The number of aliphatic hydroxyl groups excluding tert-OH is 1. The van der Waals surface area contributed by atoms with Gasteiger partial charge in [-0.1, -0.05) is 20.3 Å². The van der Waals surface area contributed by atoms with Crippen LogP contribution in [0.2, 0.25) is 0 Å². The van der Waals surface area contributed by atoms with E-state index in [1.54, 1.807) is 13.8 Å². The van der Waals surface area contributed by atoms with Crippen LogP contribution in [0.1, 0.15) is 39.5 Å². The maximum Gasteiger partial charge on any atom is 0.328 e. The van der Waals surface area contributed by atoms with Crippen LogP contribution in [0.15, 0.2) is 4.99 Å². The van der Waals surface area contributed by atoms with Gasteiger partial charge in [0.15, 0.2) is 5.96 Å². The molecule has 13 N–H and O–H groups in total. The lowest BCUT2D eigenvalue weighted by Gasteiger charge is -2.27. The number of nitrogens with zero attached hydrogens (tertiary/aromatic N) is 1. The molecule has 0 aromatic carbocycles. The van der Waals surface area contributed by atoms with Crippen molar-refractivity contribution in [3.63, 3.8) is 0 Å². The van der Waals surface area contributed by atoms with E-state index < -0.39 is 72.7 Å². The maximum absolute atomic E-state index is 12.8. The van der Waals surface area contributed by atoms with Crippen molar-refractivity contribution in [2.45, 2.75) is 63.7 Å². The molecular formula is C19H36N8O7. The smallest absolute Gasteiger partial charge is 0.328 e. The highest BCUT2D eigenvalue weighted by Crippen LogP contribution is 2.10. The molecule has 0 radical (unpaired) electrons. The largest absolute Gasteiger partial charge is 0.480 e. The molecule has 0 heterocycles. The number of guanidine groups is 1. The molecule has 0 saturated carbocycles. The predicted molar refractivity (Wildman–Crippen MR) is 122 cm³/mol. The summed E-state index contributed by atoms with van der Waals surface area (Å²) in [6.45, 7) is 2.75. The molecule has 194 valence electrons. The summed E-state index contributed by atoms with van der Waals surface area (Å²) >= 11 is 0. The Balaban J connectivity index is 5.37. The van der Waals surface area contributed by atoms with Crippen molar-refractivity contribution in [3.05, 3.63) is 0 Å². The molecule has 15 nitrogen and oxygen atoms in total. The normalized spacial score (nSPS) is 15.1. The summed E-state index contributed by atoms with van der Waals surface area (Å²) in [5.74, 6) is -5.40. The van der Waals surface area contributed by atoms with Gasteiger partial charge in [0.2, 0.25) is 23.6 Å². The Hall–Kier alpha value is -3.46. The van der Waals surface area contributed by atoms with Gasteiger partial charge in [-0.05, 0) is 18.8 Å². The van der Waals surface area contributed by atoms with Gasteiger partial charge in [-0.15, -0.1) is 0 Å². The van der Waals surface area contributed by atoms with Gasteiger partial charge < -0.3 is 49.1 Å². The second-order valence-electron chi connectivity index (χ2n) is 7.74. The fourth-order valence-electron chi connectivity index (χ4n) is 2.74. The van der Waals surface area contributed by atoms with Crippen molar-refractivity contribution in [1.29, 1.82) is 0 Å². The van der Waals surface area contributed by atoms with Gasteiger partial charge in [0, 0.05) is 6.54 Å². The van der Waals surface area contributed by atoms with Crippen molar-refractivity contribution in [2.24, 2.45) is 33.8 Å². The molecule has 0 aromatic rings. The van der Waals surface area contributed by atoms with E-state index in [0.29, 0.717) is 12.8 Å². The van der Waals surface area contributed by atoms with E-state index in [2.05, 4.69) is 20.9 Å². The highest BCUT2D eigenvalue weighted by molar-refractivity contribution is 5.96. The Bertz CT molecular complexity index is 757. The molecule has 0 fully saturated rings. The Kier molecular flexibility index (Phi) is 13.8. The molecule has 0 aromatic heterocycles. The highest BCUT2D eigenvalue weighted by Gasteiger charge is 2.33. The topological polar surface area (TPSA) is 278 Å². The van der Waals surface area contributed by atoms with Gasteiger partial charge in [0.25, 0.3) is 0 Å². The number of nitrogens with one attached hydrogen (secondary N) is 3. The van der Waals surface area contributed by atoms with Gasteiger partial charge in [0.05, 0.1) is 19.1 Å². The Morgan fingerprint density at radius 1 is 0.941 bits per heavy atom. The van der Waals surface area contributed by atoms with E-state index in [4.69, 9.17) is 33.1 Å². The van der Waals surface area contributed by atoms with E-state index in [9.17, 15) is 24.0 Å². The molecule has 0 aliphatic rings. The molecule has 0 rings (SSSR count). The number of carbonyl (C=O) groups excluding carboxylic acids is 4. The number of nitrogens with two attached hydrogens (primary N) is 4. The third-order valence-electron chi connectivity index (χ3n) is 4.93. The standard InChI is InChI=1S/C19H36N8O7/c1-3-9(2)14(17(32)26-12(8-28)18(33)34)27-16(31)11(7-13(21)29)25-15(30)10(20)5-4-6-24-19(22)23/h9-12,14,28H,3-8,20H2,1-2H3,(H2,21,29)(H,25,30)(H,26,32)(H,27,31)(H,33,34)(H4,22,23,24). The van der Waals surface area contributed by atoms with Crippen LogP contribution in [-0.4, -0.2) is 83.1 Å². The molecule has 5 unspecified atom stereocenters. The predicted octanol–water partition coefficient (Wildman–Crippen LogP) is -4.18. The third-order valence-corrected chi connectivity index (χ3v) is 4.93. The molecule has 15 heteroatoms. The molecule has 0 saturated heterocycles. The summed E-state index contributed by atoms with van der Waals surface area (Å²) < 4.78 is 0. The first-order chi connectivity index (χ1) is 15.8. The van der Waals surface area contributed by atoms with Crippen molar-refractivity contribution in [1.82, 2.24) is 16.0 Å². The van der Waals surface area contributed by atoms with Crippen LogP contribution in [0, 0.1) is 5.92 Å². The summed E-state index contributed by atoms with van der Waals surface area (Å²) in [5.41, 5.74) is 21.4. The van der Waals surface area contributed by atoms with Crippen molar-refractivity contribution in [2.75, 3.05) is 13.2 Å². The lowest BCUT2D eigenvalue weighted by Crippen LogP contribution is -2.59. The van der Waals surface area contributed by atoms with Crippen LogP contribution in [0.25, 0.3) is 0 Å². The zero-order valence-corrected chi connectivity index (χ0v) is 19.3. The number of aliphatic carboxylic acids is 1. The summed E-state index contributed by atoms with van der Waals surface area (Å²) in [6, 6.07) is -5.26. The van der Waals surface area contributed by atoms with Gasteiger partial charge in [-0.3, -0.25) is 24.2 Å². The molecule has 4 amide bonds. The number of carbonyl (C=O) groups is 5. The molecule has 0 spiro atoms. The third kappa shape index (κ3) is 11.4. The Labute approximate surface area is 197 Å². The maximum atomic E-state index is 12.8. The number of rotatable bonds is 16. The van der Waals surface area contributed by atoms with Gasteiger partial charge >= 0.3 is 5.97 Å². The fraction of sp³-hybridized carbons (Fsp3) is 0.684. The van der Waals surface area contributed by atoms with Crippen LogP contribution >= 0.6 is 0 Å². The zero-order chi connectivity index (χ0) is 26.4. The minimum absolute atomic E-state index is 0.107. The second kappa shape index (κ2) is 15.4. The first-order valence-corrected chi connectivity index (χ1v) is 10.7. The number of hydrogen-bond donors (Lipinski definition) is 9. The minimum Gasteiger partial charge on any atom is -0.480 e. The fourth-order valence-corrected chi connectivity index (χ4v) is 2.74. The molecule has 0 aliphatic heterocycles. The quantitative estimate of drug-likeness (QED) is 0.0573. The van der Waals surface area contributed by atoms with Crippen molar-refractivity contribution < 1.29 is 34.2 Å². The number of carboxylic acid groups (broad SMARTS) is 1. The lowest BCUT2D eigenvalue weighted by molar-refractivity contribution is -0.143. The number of aliphatic hydroxyl groups is 1. The number of hydrogen-bond acceptors (Lipinski definition) is 8. The number of amides is 4. The van der Waals surface area contributed by atoms with E-state index in [1.165, 1.54) is 0 Å². The summed E-state index contributed by atoms with van der Waals surface area (Å²) in [7, 11) is 0. The Morgan fingerprint density at radius 2 is 1.53 bits per heavy atom. The van der Waals surface area contributed by atoms with E-state index in [1.807, 2.05) is 0 Å². The molecule has 0 bridgehead atoms. The van der Waals surface area contributed by atoms with E-state index in [-0.39, 0.29) is 18.9 Å². The lowest BCUT2D eigenvalue weighted by atomic mass is 9.97. The van der Waals surface area contributed by atoms with E-state index >= 15 is 0 Å². The average molecular weight is 489 g/mol. The minimum atomic E-state index is -1.57. The van der Waals surface area contributed by atoms with Crippen LogP contribution in [0.5, 0.6) is 0 Å². The van der Waals surface area contributed by atoms with Gasteiger partial charge in [-0.2, -0.15) is 0 Å². The molecule has 5 atom stereocenters. The van der Waals surface area contributed by atoms with Gasteiger partial charge in [0.1, 0.15) is 18.1 Å².